The number of hydrogen-bond donors (Lipinski definition) is 2. The molecule has 1 unspecified atom stereocenters. The van der Waals surface area contributed by atoms with Gasteiger partial charge in [-0.2, -0.15) is 0 Å². The van der Waals surface area contributed by atoms with Gasteiger partial charge in [-0.25, -0.2) is 4.39 Å². The van der Waals surface area contributed by atoms with E-state index in [1.54, 1.807) is 12.1 Å². The lowest BCUT2D eigenvalue weighted by molar-refractivity contribution is 0.0788. The molecule has 0 heterocycles. The lowest BCUT2D eigenvalue weighted by atomic mass is 9.74. The van der Waals surface area contributed by atoms with Gasteiger partial charge in [0.15, 0.2) is 11.6 Å². The molecule has 0 aromatic heterocycles. The van der Waals surface area contributed by atoms with Crippen molar-refractivity contribution in [1.29, 1.82) is 0 Å². The largest absolute Gasteiger partial charge is 0.494 e. The van der Waals surface area contributed by atoms with Crippen molar-refractivity contribution in [3.05, 3.63) is 29.6 Å². The Labute approximate surface area is 126 Å². The molecule has 3 nitrogen and oxygen atoms in total. The molecule has 1 fully saturated rings. The highest BCUT2D eigenvalue weighted by Gasteiger charge is 2.31. The Balaban J connectivity index is 1.99. The number of rotatable bonds is 6. The van der Waals surface area contributed by atoms with Crippen LogP contribution in [0.1, 0.15) is 50.6 Å². The summed E-state index contributed by atoms with van der Waals surface area (Å²) in [7, 11) is 1.48. The molecule has 1 saturated carbocycles. The van der Waals surface area contributed by atoms with Crippen molar-refractivity contribution in [2.75, 3.05) is 20.3 Å². The summed E-state index contributed by atoms with van der Waals surface area (Å²) in [5, 5.41) is 13.2. The molecule has 0 radical (unpaired) electrons. The molecular weight excluding hydrogens is 269 g/mol. The minimum atomic E-state index is -0.340. The van der Waals surface area contributed by atoms with Crippen molar-refractivity contribution in [3.63, 3.8) is 0 Å². The van der Waals surface area contributed by atoms with Gasteiger partial charge in [-0.3, -0.25) is 0 Å². The first-order chi connectivity index (χ1) is 10.1. The van der Waals surface area contributed by atoms with Crippen LogP contribution in [0, 0.1) is 11.2 Å². The standard InChI is InChI=1S/C17H26FNO2/c1-13(14-6-7-15(18)16(10-14)21-2)19-11-17(12-20)8-4-3-5-9-17/h6-7,10,13,19-20H,3-5,8-9,11-12H2,1-2H3. The quantitative estimate of drug-likeness (QED) is 0.845. The van der Waals surface area contributed by atoms with E-state index in [1.807, 2.05) is 0 Å². The predicted octanol–water partition coefficient (Wildman–Crippen LogP) is 3.43. The van der Waals surface area contributed by atoms with Crippen molar-refractivity contribution in [2.24, 2.45) is 5.41 Å². The van der Waals surface area contributed by atoms with Gasteiger partial charge < -0.3 is 15.2 Å². The van der Waals surface area contributed by atoms with Crippen LogP contribution < -0.4 is 10.1 Å². The Bertz CT molecular complexity index is 458. The first kappa shape index (κ1) is 16.2. The topological polar surface area (TPSA) is 41.5 Å². The second-order valence-corrected chi connectivity index (χ2v) is 6.22. The SMILES string of the molecule is COc1cc(C(C)NCC2(CO)CCCCC2)ccc1F. The van der Waals surface area contributed by atoms with E-state index in [-0.39, 0.29) is 29.6 Å². The number of aliphatic hydroxyl groups is 1. The third-order valence-corrected chi connectivity index (χ3v) is 4.71. The third-order valence-electron chi connectivity index (χ3n) is 4.71. The lowest BCUT2D eigenvalue weighted by Crippen LogP contribution is -2.40. The van der Waals surface area contributed by atoms with Crippen molar-refractivity contribution < 1.29 is 14.2 Å². The van der Waals surface area contributed by atoms with Gasteiger partial charge in [0.05, 0.1) is 7.11 Å². The fourth-order valence-corrected chi connectivity index (χ4v) is 3.13. The number of methoxy groups -OCH3 is 1. The summed E-state index contributed by atoms with van der Waals surface area (Å²) in [5.41, 5.74) is 1.01. The van der Waals surface area contributed by atoms with Crippen LogP contribution >= 0.6 is 0 Å². The predicted molar refractivity (Wildman–Crippen MR) is 82.0 cm³/mol. The van der Waals surface area contributed by atoms with Gasteiger partial charge in [0.2, 0.25) is 0 Å². The zero-order valence-electron chi connectivity index (χ0n) is 13.0. The Kier molecular flexibility index (Phi) is 5.59. The maximum Gasteiger partial charge on any atom is 0.165 e. The molecule has 21 heavy (non-hydrogen) atoms. The van der Waals surface area contributed by atoms with Gasteiger partial charge >= 0.3 is 0 Å². The lowest BCUT2D eigenvalue weighted by Gasteiger charge is -2.36. The van der Waals surface area contributed by atoms with E-state index in [0.29, 0.717) is 0 Å². The molecule has 0 aliphatic heterocycles. The van der Waals surface area contributed by atoms with E-state index >= 15 is 0 Å². The van der Waals surface area contributed by atoms with Crippen molar-refractivity contribution >= 4 is 0 Å². The second-order valence-electron chi connectivity index (χ2n) is 6.22. The first-order valence-corrected chi connectivity index (χ1v) is 7.78. The number of nitrogens with one attached hydrogen (secondary N) is 1. The summed E-state index contributed by atoms with van der Waals surface area (Å²) in [4.78, 5) is 0. The highest BCUT2D eigenvalue weighted by Crippen LogP contribution is 2.35. The molecular formula is C17H26FNO2. The normalized spacial score (nSPS) is 19.2. The van der Waals surface area contributed by atoms with E-state index in [1.165, 1.54) is 32.4 Å². The zero-order valence-corrected chi connectivity index (χ0v) is 13.0. The maximum atomic E-state index is 13.4. The van der Waals surface area contributed by atoms with E-state index in [9.17, 15) is 9.50 Å². The number of benzene rings is 1. The fourth-order valence-electron chi connectivity index (χ4n) is 3.13. The molecule has 0 amide bonds. The monoisotopic (exact) mass is 295 g/mol. The molecule has 1 aromatic carbocycles. The molecule has 1 aromatic rings. The second kappa shape index (κ2) is 7.23. The van der Waals surface area contributed by atoms with Crippen molar-refractivity contribution in [1.82, 2.24) is 5.32 Å². The van der Waals surface area contributed by atoms with E-state index in [0.717, 1.165) is 24.9 Å². The molecule has 0 saturated heterocycles. The molecule has 1 aliphatic carbocycles. The summed E-state index contributed by atoms with van der Waals surface area (Å²) in [6.45, 7) is 3.09. The molecule has 1 aliphatic rings. The fraction of sp³-hybridized carbons (Fsp3) is 0.647. The van der Waals surface area contributed by atoms with Crippen molar-refractivity contribution in [3.8, 4) is 5.75 Å². The molecule has 1 atom stereocenters. The van der Waals surface area contributed by atoms with Crippen LogP contribution in [0.5, 0.6) is 5.75 Å². The summed E-state index contributed by atoms with van der Waals surface area (Å²) in [6.07, 6.45) is 5.82. The summed E-state index contributed by atoms with van der Waals surface area (Å²) >= 11 is 0. The smallest absolute Gasteiger partial charge is 0.165 e. The number of aliphatic hydroxyl groups excluding tert-OH is 1. The number of hydrogen-bond acceptors (Lipinski definition) is 3. The summed E-state index contributed by atoms with van der Waals surface area (Å²) in [6, 6.07) is 5.06. The minimum absolute atomic E-state index is 0.0105. The number of ether oxygens (including phenoxy) is 1. The van der Waals surface area contributed by atoms with Gasteiger partial charge in [-0.1, -0.05) is 25.3 Å². The van der Waals surface area contributed by atoms with Gasteiger partial charge in [0, 0.05) is 24.6 Å². The highest BCUT2D eigenvalue weighted by molar-refractivity contribution is 5.31. The molecule has 118 valence electrons. The third kappa shape index (κ3) is 3.95. The average Bonchev–Trinajstić information content (AvgIpc) is 2.54. The molecule has 2 N–H and O–H groups in total. The Morgan fingerprint density at radius 2 is 2.05 bits per heavy atom. The van der Waals surface area contributed by atoms with Crippen molar-refractivity contribution in [2.45, 2.75) is 45.1 Å². The zero-order chi connectivity index (χ0) is 15.3. The van der Waals surface area contributed by atoms with Crippen LogP contribution in [-0.2, 0) is 0 Å². The van der Waals surface area contributed by atoms with Crippen LogP contribution in [0.25, 0.3) is 0 Å². The van der Waals surface area contributed by atoms with Gasteiger partial charge in [0.1, 0.15) is 0 Å². The molecule has 4 heteroatoms. The van der Waals surface area contributed by atoms with Crippen LogP contribution in [-0.4, -0.2) is 25.4 Å². The van der Waals surface area contributed by atoms with Crippen LogP contribution in [0.2, 0.25) is 0 Å². The van der Waals surface area contributed by atoms with Gasteiger partial charge in [-0.15, -0.1) is 0 Å². The highest BCUT2D eigenvalue weighted by atomic mass is 19.1. The van der Waals surface area contributed by atoms with Crippen LogP contribution in [0.3, 0.4) is 0 Å². The average molecular weight is 295 g/mol. The van der Waals surface area contributed by atoms with Crippen LogP contribution in [0.15, 0.2) is 18.2 Å². The maximum absolute atomic E-state index is 13.4. The Morgan fingerprint density at radius 3 is 2.67 bits per heavy atom. The molecule has 0 spiro atoms. The minimum Gasteiger partial charge on any atom is -0.494 e. The Hall–Kier alpha value is -1.13. The van der Waals surface area contributed by atoms with Crippen LogP contribution in [0.4, 0.5) is 4.39 Å². The first-order valence-electron chi connectivity index (χ1n) is 7.78. The van der Waals surface area contributed by atoms with E-state index in [4.69, 9.17) is 4.74 Å². The number of halogens is 1. The summed E-state index contributed by atoms with van der Waals surface area (Å²) < 4.78 is 18.5. The Morgan fingerprint density at radius 1 is 1.33 bits per heavy atom. The van der Waals surface area contributed by atoms with Gasteiger partial charge in [0.25, 0.3) is 0 Å². The van der Waals surface area contributed by atoms with E-state index in [2.05, 4.69) is 12.2 Å². The van der Waals surface area contributed by atoms with E-state index < -0.39 is 0 Å². The van der Waals surface area contributed by atoms with Gasteiger partial charge in [-0.05, 0) is 37.5 Å². The summed E-state index contributed by atoms with van der Waals surface area (Å²) in [5.74, 6) is -0.0664. The molecule has 0 bridgehead atoms. The molecule has 2 rings (SSSR count).